The Balaban J connectivity index is 0.00000392. The zero-order chi connectivity index (χ0) is 19.7. The highest BCUT2D eigenvalue weighted by Crippen LogP contribution is 2.24. The Kier molecular flexibility index (Phi) is 11.3. The molecule has 2 N–H and O–H groups in total. The molecular weight excluding hydrogens is 470 g/mol. The molecule has 0 radical (unpaired) electrons. The maximum absolute atomic E-state index is 13.6. The molecule has 1 aromatic carbocycles. The fraction of sp³-hybridized carbons (Fsp3) is 0.667. The third kappa shape index (κ3) is 8.21. The number of methoxy groups -OCH3 is 1. The lowest BCUT2D eigenvalue weighted by Gasteiger charge is -2.33. The average Bonchev–Trinajstić information content (AvgIpc) is 2.66. The summed E-state index contributed by atoms with van der Waals surface area (Å²) in [6, 6.07) is 7.24. The lowest BCUT2D eigenvalue weighted by molar-refractivity contribution is 0.128. The molecule has 1 aromatic rings. The van der Waals surface area contributed by atoms with Gasteiger partial charge in [0.1, 0.15) is 5.82 Å². The molecule has 1 aliphatic heterocycles. The van der Waals surface area contributed by atoms with E-state index in [1.807, 2.05) is 6.07 Å². The summed E-state index contributed by atoms with van der Waals surface area (Å²) in [4.78, 5) is 7.24. The van der Waals surface area contributed by atoms with Crippen LogP contribution >= 0.6 is 24.0 Å². The number of halogens is 2. The number of benzene rings is 1. The number of piperidine rings is 1. The largest absolute Gasteiger partial charge is 0.383 e. The molecule has 0 atom stereocenters. The molecule has 0 saturated carbocycles. The minimum absolute atomic E-state index is 0. The first kappa shape index (κ1) is 25.1. The fourth-order valence-electron chi connectivity index (χ4n) is 3.31. The number of hydrogen-bond donors (Lipinski definition) is 2. The van der Waals surface area contributed by atoms with E-state index < -0.39 is 0 Å². The predicted octanol–water partition coefficient (Wildman–Crippen LogP) is 3.39. The summed E-state index contributed by atoms with van der Waals surface area (Å²) >= 11 is 0. The number of hydrogen-bond acceptors (Lipinski definition) is 3. The maximum Gasteiger partial charge on any atom is 0.191 e. The lowest BCUT2D eigenvalue weighted by atomic mass is 9.85. The van der Waals surface area contributed by atoms with Gasteiger partial charge in [-0.1, -0.05) is 26.0 Å². The number of aliphatic imine (C=N–C) groups is 1. The van der Waals surface area contributed by atoms with Crippen molar-refractivity contribution in [2.45, 2.75) is 45.1 Å². The van der Waals surface area contributed by atoms with Gasteiger partial charge in [-0.15, -0.1) is 24.0 Å². The average molecular weight is 506 g/mol. The Morgan fingerprint density at radius 1 is 1.32 bits per heavy atom. The minimum atomic E-state index is -0.228. The van der Waals surface area contributed by atoms with Crippen molar-refractivity contribution < 1.29 is 9.13 Å². The zero-order valence-electron chi connectivity index (χ0n) is 17.6. The first-order valence-electron chi connectivity index (χ1n) is 9.97. The molecule has 0 spiro atoms. The summed E-state index contributed by atoms with van der Waals surface area (Å²) in [5.41, 5.74) is 0.738. The van der Waals surface area contributed by atoms with Crippen LogP contribution in [0.5, 0.6) is 0 Å². The van der Waals surface area contributed by atoms with Crippen molar-refractivity contribution in [2.24, 2.45) is 4.99 Å². The maximum atomic E-state index is 13.6. The SMILES string of the molecule is CCNC(=NCC(C)(C)c1cccc(F)c1)NC1CCN(CCOC)CC1.I. The third-order valence-electron chi connectivity index (χ3n) is 5.12. The van der Waals surface area contributed by atoms with E-state index >= 15 is 0 Å². The van der Waals surface area contributed by atoms with Gasteiger partial charge < -0.3 is 20.3 Å². The van der Waals surface area contributed by atoms with Crippen molar-refractivity contribution in [3.05, 3.63) is 35.6 Å². The monoisotopic (exact) mass is 506 g/mol. The number of nitrogens with zero attached hydrogens (tertiary/aromatic N) is 2. The van der Waals surface area contributed by atoms with E-state index in [9.17, 15) is 4.39 Å². The van der Waals surface area contributed by atoms with Crippen molar-refractivity contribution in [3.8, 4) is 0 Å². The van der Waals surface area contributed by atoms with Gasteiger partial charge in [0.25, 0.3) is 0 Å². The molecule has 28 heavy (non-hydrogen) atoms. The van der Waals surface area contributed by atoms with Crippen LogP contribution in [0.15, 0.2) is 29.3 Å². The molecule has 0 bridgehead atoms. The van der Waals surface area contributed by atoms with Crippen molar-refractivity contribution in [2.75, 3.05) is 46.4 Å². The summed E-state index contributed by atoms with van der Waals surface area (Å²) in [6.45, 7) is 11.6. The summed E-state index contributed by atoms with van der Waals surface area (Å²) in [5, 5.41) is 6.92. The van der Waals surface area contributed by atoms with Crippen LogP contribution in [0.1, 0.15) is 39.2 Å². The Bertz CT molecular complexity index is 604. The number of nitrogens with one attached hydrogen (secondary N) is 2. The number of likely N-dealkylation sites (tertiary alicyclic amines) is 1. The zero-order valence-corrected chi connectivity index (χ0v) is 20.0. The molecule has 1 aliphatic rings. The minimum Gasteiger partial charge on any atom is -0.383 e. The van der Waals surface area contributed by atoms with Gasteiger partial charge in [-0.25, -0.2) is 4.39 Å². The van der Waals surface area contributed by atoms with E-state index in [4.69, 9.17) is 9.73 Å². The molecule has 0 amide bonds. The molecule has 7 heteroatoms. The summed E-state index contributed by atoms with van der Waals surface area (Å²) in [7, 11) is 1.75. The molecule has 5 nitrogen and oxygen atoms in total. The third-order valence-corrected chi connectivity index (χ3v) is 5.12. The second-order valence-corrected chi connectivity index (χ2v) is 7.84. The van der Waals surface area contributed by atoms with E-state index in [0.717, 1.165) is 57.2 Å². The Hall–Kier alpha value is -0.930. The van der Waals surface area contributed by atoms with Gasteiger partial charge in [0.15, 0.2) is 5.96 Å². The Morgan fingerprint density at radius 3 is 2.64 bits per heavy atom. The van der Waals surface area contributed by atoms with Crippen molar-refractivity contribution in [1.82, 2.24) is 15.5 Å². The normalized spacial score (nSPS) is 16.5. The Labute approximate surface area is 186 Å². The highest BCUT2D eigenvalue weighted by atomic mass is 127. The van der Waals surface area contributed by atoms with Crippen LogP contribution in [0, 0.1) is 5.82 Å². The topological polar surface area (TPSA) is 48.9 Å². The van der Waals surface area contributed by atoms with Gasteiger partial charge in [0.2, 0.25) is 0 Å². The van der Waals surface area contributed by atoms with Gasteiger partial charge in [-0.3, -0.25) is 4.99 Å². The second kappa shape index (κ2) is 12.6. The number of rotatable bonds is 8. The van der Waals surface area contributed by atoms with Crippen LogP contribution in [0.2, 0.25) is 0 Å². The molecule has 0 aromatic heterocycles. The second-order valence-electron chi connectivity index (χ2n) is 7.84. The first-order valence-corrected chi connectivity index (χ1v) is 9.97. The van der Waals surface area contributed by atoms with Crippen LogP contribution < -0.4 is 10.6 Å². The number of guanidine groups is 1. The van der Waals surface area contributed by atoms with E-state index in [0.29, 0.717) is 12.6 Å². The summed E-state index contributed by atoms with van der Waals surface area (Å²) in [5.74, 6) is 0.645. The van der Waals surface area contributed by atoms with Gasteiger partial charge in [-0.05, 0) is 37.5 Å². The lowest BCUT2D eigenvalue weighted by Crippen LogP contribution is -2.49. The molecule has 1 fully saturated rings. The number of ether oxygens (including phenoxy) is 1. The highest BCUT2D eigenvalue weighted by Gasteiger charge is 2.22. The van der Waals surface area contributed by atoms with Gasteiger partial charge in [0, 0.05) is 44.7 Å². The van der Waals surface area contributed by atoms with Gasteiger partial charge in [0.05, 0.1) is 13.2 Å². The molecule has 0 aliphatic carbocycles. The Morgan fingerprint density at radius 2 is 2.04 bits per heavy atom. The van der Waals surface area contributed by atoms with Crippen LogP contribution in [-0.4, -0.2) is 63.3 Å². The molecule has 2 rings (SSSR count). The van der Waals surface area contributed by atoms with Crippen LogP contribution in [-0.2, 0) is 10.2 Å². The molecule has 1 heterocycles. The molecular formula is C21H36FIN4O. The van der Waals surface area contributed by atoms with Crippen molar-refractivity contribution in [1.29, 1.82) is 0 Å². The highest BCUT2D eigenvalue weighted by molar-refractivity contribution is 14.0. The van der Waals surface area contributed by atoms with E-state index in [1.54, 1.807) is 19.2 Å². The van der Waals surface area contributed by atoms with Crippen LogP contribution in [0.25, 0.3) is 0 Å². The molecule has 0 unspecified atom stereocenters. The van der Waals surface area contributed by atoms with Gasteiger partial charge >= 0.3 is 0 Å². The van der Waals surface area contributed by atoms with E-state index in [1.165, 1.54) is 6.07 Å². The quantitative estimate of drug-likeness (QED) is 0.323. The van der Waals surface area contributed by atoms with Gasteiger partial charge in [-0.2, -0.15) is 0 Å². The molecule has 1 saturated heterocycles. The summed E-state index contributed by atoms with van der Waals surface area (Å²) < 4.78 is 18.7. The smallest absolute Gasteiger partial charge is 0.191 e. The molecule has 160 valence electrons. The van der Waals surface area contributed by atoms with Crippen LogP contribution in [0.3, 0.4) is 0 Å². The van der Waals surface area contributed by atoms with E-state index in [-0.39, 0.29) is 35.2 Å². The van der Waals surface area contributed by atoms with Crippen LogP contribution in [0.4, 0.5) is 4.39 Å². The standard InChI is InChI=1S/C21H35FN4O.HI/c1-5-23-20(25-19-9-11-26(12-10-19)13-14-27-4)24-16-21(2,3)17-7-6-8-18(22)15-17;/h6-8,15,19H,5,9-14,16H2,1-4H3,(H2,23,24,25);1H. The van der Waals surface area contributed by atoms with Crippen molar-refractivity contribution in [3.63, 3.8) is 0 Å². The predicted molar refractivity (Wildman–Crippen MR) is 125 cm³/mol. The summed E-state index contributed by atoms with van der Waals surface area (Å²) in [6.07, 6.45) is 2.20. The van der Waals surface area contributed by atoms with Crippen molar-refractivity contribution >= 4 is 29.9 Å². The van der Waals surface area contributed by atoms with E-state index in [2.05, 4.69) is 36.3 Å². The first-order chi connectivity index (χ1) is 12.9. The fourth-order valence-corrected chi connectivity index (χ4v) is 3.31.